The van der Waals surface area contributed by atoms with Crippen molar-refractivity contribution in [3.05, 3.63) is 34.4 Å². The van der Waals surface area contributed by atoms with E-state index in [-0.39, 0.29) is 6.04 Å². The zero-order valence-corrected chi connectivity index (χ0v) is 11.5. The number of hydrogen-bond donors (Lipinski definition) is 1. The van der Waals surface area contributed by atoms with E-state index in [9.17, 15) is 0 Å². The third-order valence-corrected chi connectivity index (χ3v) is 2.99. The smallest absolute Gasteiger partial charge is 0.0620 e. The summed E-state index contributed by atoms with van der Waals surface area (Å²) < 4.78 is 5.50. The summed E-state index contributed by atoms with van der Waals surface area (Å²) in [6, 6.07) is 4.55. The van der Waals surface area contributed by atoms with Crippen molar-refractivity contribution in [1.82, 2.24) is 0 Å². The highest BCUT2D eigenvalue weighted by molar-refractivity contribution is 5.37. The molecule has 2 nitrogen and oxygen atoms in total. The normalized spacial score (nSPS) is 12.8. The number of nitrogens with two attached hydrogens (primary N) is 1. The van der Waals surface area contributed by atoms with E-state index < -0.39 is 0 Å². The molecule has 2 heteroatoms. The molecule has 0 radical (unpaired) electrons. The van der Waals surface area contributed by atoms with Crippen molar-refractivity contribution in [2.75, 3.05) is 13.2 Å². The van der Waals surface area contributed by atoms with Crippen LogP contribution in [0.2, 0.25) is 0 Å². The molecular formula is C15H25NO. The predicted molar refractivity (Wildman–Crippen MR) is 73.4 cm³/mol. The lowest BCUT2D eigenvalue weighted by Gasteiger charge is -2.16. The summed E-state index contributed by atoms with van der Waals surface area (Å²) in [6.07, 6.45) is 1.96. The number of ether oxygens (including phenoxy) is 1. The van der Waals surface area contributed by atoms with Gasteiger partial charge in [-0.15, -0.1) is 0 Å². The van der Waals surface area contributed by atoms with Gasteiger partial charge in [0.15, 0.2) is 0 Å². The summed E-state index contributed by atoms with van der Waals surface area (Å²) in [7, 11) is 0. The highest BCUT2D eigenvalue weighted by Crippen LogP contribution is 2.17. The third kappa shape index (κ3) is 4.49. The maximum absolute atomic E-state index is 6.10. The molecule has 0 aliphatic heterocycles. The van der Waals surface area contributed by atoms with Crippen molar-refractivity contribution in [1.29, 1.82) is 0 Å². The Kier molecular flexibility index (Phi) is 5.66. The topological polar surface area (TPSA) is 35.2 Å². The fraction of sp³-hybridized carbons (Fsp3) is 0.600. The molecule has 0 fully saturated rings. The van der Waals surface area contributed by atoms with Crippen LogP contribution >= 0.6 is 0 Å². The van der Waals surface area contributed by atoms with E-state index in [1.54, 1.807) is 0 Å². The average Bonchev–Trinajstić information content (AvgIpc) is 2.24. The second kappa shape index (κ2) is 6.77. The fourth-order valence-corrected chi connectivity index (χ4v) is 2.23. The molecule has 1 rings (SSSR count). The molecule has 0 saturated carbocycles. The summed E-state index contributed by atoms with van der Waals surface area (Å²) in [5.41, 5.74) is 11.5. The number of aryl methyl sites for hydroxylation is 3. The molecule has 17 heavy (non-hydrogen) atoms. The Morgan fingerprint density at radius 1 is 1.18 bits per heavy atom. The average molecular weight is 235 g/mol. The van der Waals surface area contributed by atoms with Gasteiger partial charge in [0.05, 0.1) is 6.61 Å². The zero-order valence-electron chi connectivity index (χ0n) is 11.5. The van der Waals surface area contributed by atoms with Gasteiger partial charge in [0, 0.05) is 12.6 Å². The molecule has 0 amide bonds. The van der Waals surface area contributed by atoms with Crippen LogP contribution in [0.3, 0.4) is 0 Å². The van der Waals surface area contributed by atoms with Crippen molar-refractivity contribution >= 4 is 0 Å². The van der Waals surface area contributed by atoms with Crippen LogP contribution in [0.25, 0.3) is 0 Å². The van der Waals surface area contributed by atoms with Gasteiger partial charge in [0.25, 0.3) is 0 Å². The number of hydrogen-bond acceptors (Lipinski definition) is 2. The van der Waals surface area contributed by atoms with Crippen LogP contribution in [0.5, 0.6) is 0 Å². The van der Waals surface area contributed by atoms with Gasteiger partial charge in [-0.25, -0.2) is 0 Å². The molecule has 1 aromatic rings. The highest BCUT2D eigenvalue weighted by Gasteiger charge is 2.09. The van der Waals surface area contributed by atoms with Gasteiger partial charge in [-0.05, 0) is 50.3 Å². The minimum atomic E-state index is 0.0988. The van der Waals surface area contributed by atoms with Gasteiger partial charge in [-0.3, -0.25) is 0 Å². The van der Waals surface area contributed by atoms with E-state index in [0.717, 1.165) is 19.4 Å². The zero-order chi connectivity index (χ0) is 12.8. The molecule has 0 saturated heterocycles. The Bertz CT molecular complexity index is 337. The van der Waals surface area contributed by atoms with E-state index in [4.69, 9.17) is 10.5 Å². The summed E-state index contributed by atoms with van der Waals surface area (Å²) in [5.74, 6) is 0. The second-order valence-corrected chi connectivity index (χ2v) is 4.92. The van der Waals surface area contributed by atoms with Gasteiger partial charge in [-0.1, -0.05) is 24.6 Å². The molecule has 1 atom stereocenters. The van der Waals surface area contributed by atoms with E-state index in [2.05, 4.69) is 39.8 Å². The Labute approximate surface area is 105 Å². The maximum Gasteiger partial charge on any atom is 0.0620 e. The SMILES string of the molecule is CCCOCC(N)Cc1c(C)cc(C)cc1C. The van der Waals surface area contributed by atoms with Crippen LogP contribution in [-0.4, -0.2) is 19.3 Å². The van der Waals surface area contributed by atoms with Gasteiger partial charge in [0.2, 0.25) is 0 Å². The summed E-state index contributed by atoms with van der Waals surface area (Å²) >= 11 is 0. The van der Waals surface area contributed by atoms with Crippen LogP contribution in [0.15, 0.2) is 12.1 Å². The van der Waals surface area contributed by atoms with Crippen LogP contribution in [0.4, 0.5) is 0 Å². The standard InChI is InChI=1S/C15H25NO/c1-5-6-17-10-14(16)9-15-12(3)7-11(2)8-13(15)4/h7-8,14H,5-6,9-10,16H2,1-4H3. The first-order valence-corrected chi connectivity index (χ1v) is 6.44. The van der Waals surface area contributed by atoms with E-state index in [1.165, 1.54) is 22.3 Å². The van der Waals surface area contributed by atoms with Gasteiger partial charge >= 0.3 is 0 Å². The Hall–Kier alpha value is -0.860. The van der Waals surface area contributed by atoms with E-state index in [1.807, 2.05) is 0 Å². The molecule has 96 valence electrons. The molecule has 1 aromatic carbocycles. The molecule has 0 spiro atoms. The molecular weight excluding hydrogens is 210 g/mol. The molecule has 0 heterocycles. The van der Waals surface area contributed by atoms with Crippen LogP contribution < -0.4 is 5.73 Å². The van der Waals surface area contributed by atoms with Crippen molar-refractivity contribution in [2.45, 2.75) is 46.6 Å². The summed E-state index contributed by atoms with van der Waals surface area (Å²) in [4.78, 5) is 0. The molecule has 1 unspecified atom stereocenters. The molecule has 0 aliphatic rings. The van der Waals surface area contributed by atoms with Gasteiger partial charge in [0.1, 0.15) is 0 Å². The summed E-state index contributed by atoms with van der Waals surface area (Å²) in [5, 5.41) is 0. The summed E-state index contributed by atoms with van der Waals surface area (Å²) in [6.45, 7) is 10.0. The van der Waals surface area contributed by atoms with E-state index >= 15 is 0 Å². The largest absolute Gasteiger partial charge is 0.380 e. The van der Waals surface area contributed by atoms with Crippen molar-refractivity contribution in [2.24, 2.45) is 5.73 Å². The third-order valence-electron chi connectivity index (χ3n) is 2.99. The Morgan fingerprint density at radius 3 is 2.29 bits per heavy atom. The second-order valence-electron chi connectivity index (χ2n) is 4.92. The monoisotopic (exact) mass is 235 g/mol. The Morgan fingerprint density at radius 2 is 1.76 bits per heavy atom. The van der Waals surface area contributed by atoms with E-state index in [0.29, 0.717) is 6.61 Å². The van der Waals surface area contributed by atoms with Crippen molar-refractivity contribution in [3.8, 4) is 0 Å². The molecule has 2 N–H and O–H groups in total. The van der Waals surface area contributed by atoms with Crippen LogP contribution in [0, 0.1) is 20.8 Å². The Balaban J connectivity index is 2.61. The van der Waals surface area contributed by atoms with Crippen molar-refractivity contribution < 1.29 is 4.74 Å². The van der Waals surface area contributed by atoms with Crippen LogP contribution in [-0.2, 0) is 11.2 Å². The number of benzene rings is 1. The lowest BCUT2D eigenvalue weighted by atomic mass is 9.95. The molecule has 0 aliphatic carbocycles. The fourth-order valence-electron chi connectivity index (χ4n) is 2.23. The molecule has 0 bridgehead atoms. The highest BCUT2D eigenvalue weighted by atomic mass is 16.5. The number of rotatable bonds is 6. The molecule has 0 aromatic heterocycles. The van der Waals surface area contributed by atoms with Crippen molar-refractivity contribution in [3.63, 3.8) is 0 Å². The van der Waals surface area contributed by atoms with Crippen LogP contribution in [0.1, 0.15) is 35.6 Å². The minimum absolute atomic E-state index is 0.0988. The minimum Gasteiger partial charge on any atom is -0.380 e. The lowest BCUT2D eigenvalue weighted by molar-refractivity contribution is 0.121. The lowest BCUT2D eigenvalue weighted by Crippen LogP contribution is -2.29. The first-order chi connectivity index (χ1) is 8.04. The van der Waals surface area contributed by atoms with Gasteiger partial charge in [-0.2, -0.15) is 0 Å². The quantitative estimate of drug-likeness (QED) is 0.769. The van der Waals surface area contributed by atoms with Gasteiger partial charge < -0.3 is 10.5 Å². The maximum atomic E-state index is 6.10. The first-order valence-electron chi connectivity index (χ1n) is 6.44. The first kappa shape index (κ1) is 14.2. The predicted octanol–water partition coefficient (Wildman–Crippen LogP) is 2.91.